The minimum Gasteiger partial charge on any atom is -0.497 e. The zero-order valence-electron chi connectivity index (χ0n) is 18.0. The van der Waals surface area contributed by atoms with Crippen molar-refractivity contribution in [2.24, 2.45) is 0 Å². The molecule has 0 bridgehead atoms. The number of benzene rings is 3. The smallest absolute Gasteiger partial charge is 0.261 e. The highest BCUT2D eigenvalue weighted by molar-refractivity contribution is 5.79. The van der Waals surface area contributed by atoms with E-state index in [-0.39, 0.29) is 17.1 Å². The van der Waals surface area contributed by atoms with Crippen LogP contribution in [0, 0.1) is 5.82 Å². The monoisotopic (exact) mass is 432 g/mol. The summed E-state index contributed by atoms with van der Waals surface area (Å²) in [5, 5.41) is 0.604. The van der Waals surface area contributed by atoms with E-state index in [1.807, 2.05) is 42.5 Å². The van der Waals surface area contributed by atoms with Gasteiger partial charge in [-0.25, -0.2) is 9.37 Å². The molecule has 0 amide bonds. The second kappa shape index (κ2) is 10.1. The predicted molar refractivity (Wildman–Crippen MR) is 124 cm³/mol. The average molecular weight is 432 g/mol. The van der Waals surface area contributed by atoms with E-state index in [9.17, 15) is 9.18 Å². The SMILES string of the molecule is COc1ccc(-c2nc3ccccc3c(=O)n2CCCCCOc2ccccc2F)cc1. The Morgan fingerprint density at radius 3 is 2.44 bits per heavy atom. The van der Waals surface area contributed by atoms with Crippen LogP contribution in [-0.2, 0) is 6.54 Å². The first-order chi connectivity index (χ1) is 15.7. The molecular weight excluding hydrogens is 407 g/mol. The molecule has 4 rings (SSSR count). The standard InChI is InChI=1S/C26H25FN2O3/c1-31-20-15-13-19(14-16-20)25-28-23-11-5-3-9-21(23)26(30)29(25)17-7-2-8-18-32-24-12-6-4-10-22(24)27/h3-6,9-16H,2,7-8,17-18H2,1H3. The fourth-order valence-corrected chi connectivity index (χ4v) is 3.63. The molecule has 32 heavy (non-hydrogen) atoms. The van der Waals surface area contributed by atoms with E-state index < -0.39 is 0 Å². The van der Waals surface area contributed by atoms with Crippen molar-refractivity contribution in [3.63, 3.8) is 0 Å². The lowest BCUT2D eigenvalue weighted by Crippen LogP contribution is -2.23. The summed E-state index contributed by atoms with van der Waals surface area (Å²) in [5.41, 5.74) is 1.48. The maximum absolute atomic E-state index is 13.6. The minimum atomic E-state index is -0.356. The first-order valence-electron chi connectivity index (χ1n) is 10.7. The van der Waals surface area contributed by atoms with Gasteiger partial charge < -0.3 is 9.47 Å². The van der Waals surface area contributed by atoms with Crippen LogP contribution in [0.5, 0.6) is 11.5 Å². The third-order valence-corrected chi connectivity index (χ3v) is 5.33. The van der Waals surface area contributed by atoms with Gasteiger partial charge in [0.1, 0.15) is 11.6 Å². The van der Waals surface area contributed by atoms with Crippen molar-refractivity contribution in [1.29, 1.82) is 0 Å². The van der Waals surface area contributed by atoms with E-state index >= 15 is 0 Å². The molecule has 6 heteroatoms. The normalized spacial score (nSPS) is 10.9. The maximum atomic E-state index is 13.6. The number of hydrogen-bond acceptors (Lipinski definition) is 4. The van der Waals surface area contributed by atoms with E-state index in [1.165, 1.54) is 6.07 Å². The first kappa shape index (κ1) is 21.6. The van der Waals surface area contributed by atoms with Gasteiger partial charge in [-0.3, -0.25) is 9.36 Å². The van der Waals surface area contributed by atoms with Crippen LogP contribution in [0.2, 0.25) is 0 Å². The summed E-state index contributed by atoms with van der Waals surface area (Å²) in [6, 6.07) is 21.3. The highest BCUT2D eigenvalue weighted by Gasteiger charge is 2.13. The van der Waals surface area contributed by atoms with E-state index in [4.69, 9.17) is 14.5 Å². The fourth-order valence-electron chi connectivity index (χ4n) is 3.63. The van der Waals surface area contributed by atoms with Gasteiger partial charge in [0.15, 0.2) is 11.6 Å². The molecule has 1 heterocycles. The number of ether oxygens (including phenoxy) is 2. The molecule has 0 aliphatic heterocycles. The lowest BCUT2D eigenvalue weighted by atomic mass is 10.1. The summed E-state index contributed by atoms with van der Waals surface area (Å²) in [5.74, 6) is 1.30. The number of unbranched alkanes of at least 4 members (excludes halogenated alkanes) is 2. The molecule has 0 aliphatic carbocycles. The van der Waals surface area contributed by atoms with E-state index in [2.05, 4.69) is 0 Å². The Labute approximate surface area is 186 Å². The van der Waals surface area contributed by atoms with Gasteiger partial charge >= 0.3 is 0 Å². The number of nitrogens with zero attached hydrogens (tertiary/aromatic N) is 2. The molecule has 4 aromatic rings. The molecule has 0 saturated carbocycles. The van der Waals surface area contributed by atoms with Crippen molar-refractivity contribution >= 4 is 10.9 Å². The zero-order chi connectivity index (χ0) is 22.3. The van der Waals surface area contributed by atoms with Crippen molar-refractivity contribution in [2.75, 3.05) is 13.7 Å². The van der Waals surface area contributed by atoms with Gasteiger partial charge in [-0.1, -0.05) is 24.3 Å². The molecule has 0 unspecified atom stereocenters. The van der Waals surface area contributed by atoms with Gasteiger partial charge in [-0.15, -0.1) is 0 Å². The van der Waals surface area contributed by atoms with Gasteiger partial charge in [-0.2, -0.15) is 0 Å². The van der Waals surface area contributed by atoms with Crippen LogP contribution in [-0.4, -0.2) is 23.3 Å². The third-order valence-electron chi connectivity index (χ3n) is 5.33. The summed E-state index contributed by atoms with van der Waals surface area (Å²) in [6.45, 7) is 0.967. The highest BCUT2D eigenvalue weighted by Crippen LogP contribution is 2.22. The molecule has 0 N–H and O–H groups in total. The summed E-state index contributed by atoms with van der Waals surface area (Å²) < 4.78 is 26.1. The molecular formula is C26H25FN2O3. The van der Waals surface area contributed by atoms with E-state index in [0.29, 0.717) is 29.9 Å². The van der Waals surface area contributed by atoms with Gasteiger partial charge in [0, 0.05) is 12.1 Å². The lowest BCUT2D eigenvalue weighted by Gasteiger charge is -2.14. The quantitative estimate of drug-likeness (QED) is 0.330. The molecule has 0 atom stereocenters. The second-order valence-corrected chi connectivity index (χ2v) is 7.48. The van der Waals surface area contributed by atoms with Crippen molar-refractivity contribution in [3.05, 3.63) is 89.0 Å². The van der Waals surface area contributed by atoms with Crippen molar-refractivity contribution < 1.29 is 13.9 Å². The number of fused-ring (bicyclic) bond motifs is 1. The second-order valence-electron chi connectivity index (χ2n) is 7.48. The van der Waals surface area contributed by atoms with Gasteiger partial charge in [0.05, 0.1) is 24.6 Å². The molecule has 0 saturated heterocycles. The Bertz CT molecular complexity index is 1250. The number of aromatic nitrogens is 2. The number of hydrogen-bond donors (Lipinski definition) is 0. The summed E-state index contributed by atoms with van der Waals surface area (Å²) in [7, 11) is 1.62. The van der Waals surface area contributed by atoms with E-state index in [0.717, 1.165) is 30.6 Å². The molecule has 1 aromatic heterocycles. The summed E-state index contributed by atoms with van der Waals surface area (Å²) in [4.78, 5) is 18.0. The van der Waals surface area contributed by atoms with Gasteiger partial charge in [0.2, 0.25) is 0 Å². The molecule has 0 aliphatic rings. The van der Waals surface area contributed by atoms with Gasteiger partial charge in [-0.05, 0) is 67.8 Å². The largest absolute Gasteiger partial charge is 0.497 e. The van der Waals surface area contributed by atoms with Crippen molar-refractivity contribution in [1.82, 2.24) is 9.55 Å². The number of para-hydroxylation sites is 2. The number of halogens is 1. The Morgan fingerprint density at radius 2 is 1.66 bits per heavy atom. The molecule has 0 radical (unpaired) electrons. The average Bonchev–Trinajstić information content (AvgIpc) is 2.83. The van der Waals surface area contributed by atoms with Crippen LogP contribution < -0.4 is 15.0 Å². The third kappa shape index (κ3) is 4.80. The Morgan fingerprint density at radius 1 is 0.906 bits per heavy atom. The van der Waals surface area contributed by atoms with Crippen LogP contribution in [0.4, 0.5) is 4.39 Å². The highest BCUT2D eigenvalue weighted by atomic mass is 19.1. The lowest BCUT2D eigenvalue weighted by molar-refractivity contribution is 0.289. The van der Waals surface area contributed by atoms with Crippen LogP contribution in [0.1, 0.15) is 19.3 Å². The van der Waals surface area contributed by atoms with Crippen LogP contribution in [0.15, 0.2) is 77.6 Å². The van der Waals surface area contributed by atoms with Crippen LogP contribution >= 0.6 is 0 Å². The van der Waals surface area contributed by atoms with Crippen molar-refractivity contribution in [2.45, 2.75) is 25.8 Å². The summed E-state index contributed by atoms with van der Waals surface area (Å²) >= 11 is 0. The number of methoxy groups -OCH3 is 1. The Hall–Kier alpha value is -3.67. The van der Waals surface area contributed by atoms with Gasteiger partial charge in [0.25, 0.3) is 5.56 Å². The summed E-state index contributed by atoms with van der Waals surface area (Å²) in [6.07, 6.45) is 2.39. The molecule has 164 valence electrons. The van der Waals surface area contributed by atoms with Crippen LogP contribution in [0.25, 0.3) is 22.3 Å². The number of rotatable bonds is 9. The van der Waals surface area contributed by atoms with E-state index in [1.54, 1.807) is 35.9 Å². The maximum Gasteiger partial charge on any atom is 0.261 e. The van der Waals surface area contributed by atoms with Crippen molar-refractivity contribution in [3.8, 4) is 22.9 Å². The molecule has 0 spiro atoms. The minimum absolute atomic E-state index is 0.0518. The fraction of sp³-hybridized carbons (Fsp3) is 0.231. The topological polar surface area (TPSA) is 53.3 Å². The predicted octanol–water partition coefficient (Wildman–Crippen LogP) is 5.46. The first-order valence-corrected chi connectivity index (χ1v) is 10.7. The Balaban J connectivity index is 1.48. The zero-order valence-corrected chi connectivity index (χ0v) is 18.0. The molecule has 0 fully saturated rings. The van der Waals surface area contributed by atoms with Crippen LogP contribution in [0.3, 0.4) is 0 Å². The molecule has 3 aromatic carbocycles. The molecule has 5 nitrogen and oxygen atoms in total. The Kier molecular flexibility index (Phi) is 6.80.